The van der Waals surface area contributed by atoms with Crippen LogP contribution in [0.3, 0.4) is 0 Å². The molecule has 7 heteroatoms. The Hall–Kier alpha value is -2.90. The first-order chi connectivity index (χ1) is 15.2. The Bertz CT molecular complexity index is 1060. The molecule has 3 aromatic rings. The number of rotatable bonds is 5. The molecule has 1 amide bonds. The molecule has 162 valence electrons. The quantitative estimate of drug-likeness (QED) is 0.589. The van der Waals surface area contributed by atoms with E-state index in [0.29, 0.717) is 0 Å². The zero-order valence-electron chi connectivity index (χ0n) is 17.7. The number of aromatic nitrogens is 2. The van der Waals surface area contributed by atoms with Crippen molar-refractivity contribution in [1.29, 1.82) is 0 Å². The van der Waals surface area contributed by atoms with Crippen LogP contribution < -0.4 is 15.4 Å². The van der Waals surface area contributed by atoms with Gasteiger partial charge in [0.25, 0.3) is 0 Å². The van der Waals surface area contributed by atoms with Gasteiger partial charge in [0.15, 0.2) is 0 Å². The summed E-state index contributed by atoms with van der Waals surface area (Å²) in [7, 11) is 0. The summed E-state index contributed by atoms with van der Waals surface area (Å²) in [5.74, 6) is 1.81. The minimum Gasteiger partial charge on any atom is -0.457 e. The van der Waals surface area contributed by atoms with Crippen LogP contribution in [0.2, 0.25) is 0 Å². The van der Waals surface area contributed by atoms with Crippen LogP contribution in [-0.4, -0.2) is 47.7 Å². The molecule has 2 aliphatic rings. The van der Waals surface area contributed by atoms with Gasteiger partial charge in [0, 0.05) is 37.6 Å². The van der Waals surface area contributed by atoms with Gasteiger partial charge in [-0.2, -0.15) is 0 Å². The van der Waals surface area contributed by atoms with Gasteiger partial charge in [-0.3, -0.25) is 4.79 Å². The van der Waals surface area contributed by atoms with E-state index in [1.165, 1.54) is 0 Å². The summed E-state index contributed by atoms with van der Waals surface area (Å²) < 4.78 is 11.5. The van der Waals surface area contributed by atoms with Crippen LogP contribution in [-0.2, 0) is 9.53 Å². The minimum absolute atomic E-state index is 0.0943. The second-order valence-corrected chi connectivity index (χ2v) is 8.40. The second-order valence-electron chi connectivity index (χ2n) is 8.40. The van der Waals surface area contributed by atoms with Gasteiger partial charge < -0.3 is 25.1 Å². The number of carbonyl (C=O) groups excluding carboxylic acids is 1. The Balaban J connectivity index is 1.28. The van der Waals surface area contributed by atoms with Gasteiger partial charge in [0.2, 0.25) is 5.91 Å². The van der Waals surface area contributed by atoms with E-state index in [1.807, 2.05) is 31.3 Å². The van der Waals surface area contributed by atoms with Crippen molar-refractivity contribution in [3.63, 3.8) is 0 Å². The molecule has 2 fully saturated rings. The number of ether oxygens (including phenoxy) is 2. The molecule has 4 heterocycles. The van der Waals surface area contributed by atoms with E-state index < -0.39 is 0 Å². The highest BCUT2D eigenvalue weighted by molar-refractivity contribution is 5.86. The number of fused-ring (bicyclic) bond motifs is 1. The van der Waals surface area contributed by atoms with E-state index in [4.69, 9.17) is 9.47 Å². The lowest BCUT2D eigenvalue weighted by Gasteiger charge is -2.26. The average Bonchev–Trinajstić information content (AvgIpc) is 3.43. The summed E-state index contributed by atoms with van der Waals surface area (Å²) in [6.07, 6.45) is 6.40. The molecular weight excluding hydrogens is 392 g/mol. The Morgan fingerprint density at radius 3 is 2.77 bits per heavy atom. The third kappa shape index (κ3) is 4.16. The Labute approximate surface area is 181 Å². The SMILES string of the molecule is Cc1c[nH]c2nccc(Oc3ccc([C@H]4CCN[C@@H]4C(=O)NC4CCOCC4)cc3)c12. The Morgan fingerprint density at radius 1 is 1.16 bits per heavy atom. The predicted octanol–water partition coefficient (Wildman–Crippen LogP) is 3.40. The van der Waals surface area contributed by atoms with Crippen molar-refractivity contribution in [3.05, 3.63) is 53.9 Å². The van der Waals surface area contributed by atoms with Gasteiger partial charge in [-0.15, -0.1) is 0 Å². The van der Waals surface area contributed by atoms with E-state index in [2.05, 4.69) is 32.7 Å². The van der Waals surface area contributed by atoms with Crippen molar-refractivity contribution < 1.29 is 14.3 Å². The molecule has 2 aromatic heterocycles. The summed E-state index contributed by atoms with van der Waals surface area (Å²) >= 11 is 0. The van der Waals surface area contributed by atoms with Crippen LogP contribution in [0.5, 0.6) is 11.5 Å². The average molecular weight is 421 g/mol. The molecule has 0 spiro atoms. The summed E-state index contributed by atoms with van der Waals surface area (Å²) in [6, 6.07) is 10.0. The lowest BCUT2D eigenvalue weighted by Crippen LogP contribution is -2.48. The van der Waals surface area contributed by atoms with Gasteiger partial charge in [0.1, 0.15) is 17.1 Å². The fraction of sp³-hybridized carbons (Fsp3) is 0.417. The van der Waals surface area contributed by atoms with E-state index in [-0.39, 0.29) is 23.9 Å². The number of amides is 1. The first kappa shape index (κ1) is 20.0. The number of H-pyrrole nitrogens is 1. The molecule has 31 heavy (non-hydrogen) atoms. The summed E-state index contributed by atoms with van der Waals surface area (Å²) in [4.78, 5) is 20.4. The van der Waals surface area contributed by atoms with E-state index in [0.717, 1.165) is 72.7 Å². The standard InChI is InChI=1S/C24H28N4O3/c1-15-14-27-23-21(15)20(7-11-26-23)31-18-4-2-16(3-5-18)19-6-10-25-22(19)24(29)28-17-8-12-30-13-9-17/h2-5,7,11,14,17,19,22,25H,6,8-10,12-13H2,1H3,(H,26,27)(H,28,29)/t19-,22+/m1/s1. The van der Waals surface area contributed by atoms with Crippen molar-refractivity contribution in [1.82, 2.24) is 20.6 Å². The maximum absolute atomic E-state index is 12.9. The second kappa shape index (κ2) is 8.69. The van der Waals surface area contributed by atoms with Crippen molar-refractivity contribution in [2.24, 2.45) is 0 Å². The smallest absolute Gasteiger partial charge is 0.237 e. The third-order valence-electron chi connectivity index (χ3n) is 6.34. The number of aryl methyl sites for hydroxylation is 1. The molecule has 0 saturated carbocycles. The Kier molecular flexibility index (Phi) is 5.61. The maximum Gasteiger partial charge on any atom is 0.237 e. The highest BCUT2D eigenvalue weighted by atomic mass is 16.5. The van der Waals surface area contributed by atoms with Crippen molar-refractivity contribution in [2.45, 2.75) is 44.2 Å². The van der Waals surface area contributed by atoms with Gasteiger partial charge in [0.05, 0.1) is 11.4 Å². The molecule has 7 nitrogen and oxygen atoms in total. The third-order valence-corrected chi connectivity index (χ3v) is 6.34. The zero-order chi connectivity index (χ0) is 21.2. The summed E-state index contributed by atoms with van der Waals surface area (Å²) in [5, 5.41) is 7.59. The van der Waals surface area contributed by atoms with E-state index >= 15 is 0 Å². The van der Waals surface area contributed by atoms with Crippen LogP contribution in [0.4, 0.5) is 0 Å². The van der Waals surface area contributed by atoms with E-state index in [1.54, 1.807) is 6.20 Å². The van der Waals surface area contributed by atoms with Crippen molar-refractivity contribution in [2.75, 3.05) is 19.8 Å². The maximum atomic E-state index is 12.9. The van der Waals surface area contributed by atoms with Crippen molar-refractivity contribution >= 4 is 16.9 Å². The normalized spacial score (nSPS) is 22.0. The predicted molar refractivity (Wildman–Crippen MR) is 118 cm³/mol. The number of benzene rings is 1. The number of aromatic amines is 1. The summed E-state index contributed by atoms with van der Waals surface area (Å²) in [6.45, 7) is 4.33. The topological polar surface area (TPSA) is 88.3 Å². The molecule has 2 saturated heterocycles. The molecule has 0 radical (unpaired) electrons. The van der Waals surface area contributed by atoms with Crippen LogP contribution in [0.25, 0.3) is 11.0 Å². The molecule has 1 aromatic carbocycles. The van der Waals surface area contributed by atoms with Gasteiger partial charge in [-0.05, 0) is 62.1 Å². The molecule has 0 unspecified atom stereocenters. The monoisotopic (exact) mass is 420 g/mol. The zero-order valence-corrected chi connectivity index (χ0v) is 17.7. The number of nitrogens with one attached hydrogen (secondary N) is 3. The van der Waals surface area contributed by atoms with Gasteiger partial charge in [-0.1, -0.05) is 12.1 Å². The lowest BCUT2D eigenvalue weighted by molar-refractivity contribution is -0.124. The molecule has 3 N–H and O–H groups in total. The molecular formula is C24H28N4O3. The van der Waals surface area contributed by atoms with Crippen LogP contribution >= 0.6 is 0 Å². The number of hydrogen-bond acceptors (Lipinski definition) is 5. The lowest BCUT2D eigenvalue weighted by atomic mass is 9.91. The highest BCUT2D eigenvalue weighted by Gasteiger charge is 2.34. The fourth-order valence-corrected chi connectivity index (χ4v) is 4.65. The number of hydrogen-bond donors (Lipinski definition) is 3. The fourth-order valence-electron chi connectivity index (χ4n) is 4.65. The molecule has 2 aliphatic heterocycles. The Morgan fingerprint density at radius 2 is 1.97 bits per heavy atom. The molecule has 5 rings (SSSR count). The first-order valence-corrected chi connectivity index (χ1v) is 11.0. The number of nitrogens with zero attached hydrogens (tertiary/aromatic N) is 1. The van der Waals surface area contributed by atoms with Crippen molar-refractivity contribution in [3.8, 4) is 11.5 Å². The number of pyridine rings is 1. The van der Waals surface area contributed by atoms with Crippen LogP contribution in [0.1, 0.15) is 36.3 Å². The van der Waals surface area contributed by atoms with Gasteiger partial charge >= 0.3 is 0 Å². The van der Waals surface area contributed by atoms with Gasteiger partial charge in [-0.25, -0.2) is 4.98 Å². The summed E-state index contributed by atoms with van der Waals surface area (Å²) in [5.41, 5.74) is 3.08. The van der Waals surface area contributed by atoms with Crippen LogP contribution in [0, 0.1) is 6.92 Å². The molecule has 0 bridgehead atoms. The van der Waals surface area contributed by atoms with Crippen LogP contribution in [0.15, 0.2) is 42.7 Å². The molecule has 0 aliphatic carbocycles. The number of carbonyl (C=O) groups is 1. The van der Waals surface area contributed by atoms with E-state index in [9.17, 15) is 4.79 Å². The first-order valence-electron chi connectivity index (χ1n) is 11.0. The largest absolute Gasteiger partial charge is 0.457 e. The highest BCUT2D eigenvalue weighted by Crippen LogP contribution is 2.33. The minimum atomic E-state index is -0.197. The molecule has 2 atom stereocenters.